The number of para-hydroxylation sites is 1. The van der Waals surface area contributed by atoms with E-state index in [1.54, 1.807) is 11.8 Å². The number of ether oxygens (including phenoxy) is 2. The van der Waals surface area contributed by atoms with Gasteiger partial charge in [0.1, 0.15) is 5.75 Å². The highest BCUT2D eigenvalue weighted by Gasteiger charge is 2.29. The Morgan fingerprint density at radius 3 is 2.12 bits per heavy atom. The van der Waals surface area contributed by atoms with E-state index in [0.717, 1.165) is 5.56 Å². The van der Waals surface area contributed by atoms with Gasteiger partial charge in [-0.05, 0) is 19.1 Å². The molecule has 0 aromatic heterocycles. The summed E-state index contributed by atoms with van der Waals surface area (Å²) in [6.07, 6.45) is -0.775. The number of hydrogen-bond acceptors (Lipinski definition) is 4. The number of carbonyl (C=O) groups excluding carboxylic acids is 2. The first kappa shape index (κ1) is 19.5. The van der Waals surface area contributed by atoms with E-state index in [2.05, 4.69) is 0 Å². The minimum Gasteiger partial charge on any atom is -0.476 e. The Balaban J connectivity index is 2.25. The molecule has 0 saturated carbocycles. The average molecular weight is 355 g/mol. The van der Waals surface area contributed by atoms with Crippen LogP contribution in [0.2, 0.25) is 0 Å². The van der Waals surface area contributed by atoms with Gasteiger partial charge in [0.2, 0.25) is 6.10 Å². The van der Waals surface area contributed by atoms with Gasteiger partial charge >= 0.3 is 5.97 Å². The number of esters is 1. The van der Waals surface area contributed by atoms with Crippen molar-refractivity contribution in [3.63, 3.8) is 0 Å². The molecule has 0 aliphatic carbocycles. The predicted molar refractivity (Wildman–Crippen MR) is 99.7 cm³/mol. The summed E-state index contributed by atoms with van der Waals surface area (Å²) in [6.45, 7) is 4.38. The van der Waals surface area contributed by atoms with Crippen molar-refractivity contribution in [2.75, 3.05) is 20.2 Å². The third-order valence-electron chi connectivity index (χ3n) is 4.11. The van der Waals surface area contributed by atoms with E-state index in [1.807, 2.05) is 67.6 Å². The third kappa shape index (κ3) is 5.09. The van der Waals surface area contributed by atoms with Crippen LogP contribution in [0.25, 0.3) is 0 Å². The molecule has 0 N–H and O–H groups in total. The zero-order valence-corrected chi connectivity index (χ0v) is 15.4. The summed E-state index contributed by atoms with van der Waals surface area (Å²) >= 11 is 0. The number of likely N-dealkylation sites (N-methyl/N-ethyl adjacent to an activating group) is 1. The molecule has 0 aliphatic rings. The van der Waals surface area contributed by atoms with Crippen molar-refractivity contribution in [3.05, 3.63) is 66.2 Å². The van der Waals surface area contributed by atoms with Crippen molar-refractivity contribution in [2.24, 2.45) is 5.92 Å². The van der Waals surface area contributed by atoms with Crippen LogP contribution in [0.4, 0.5) is 0 Å². The fourth-order valence-electron chi connectivity index (χ4n) is 2.67. The molecule has 0 fully saturated rings. The lowest BCUT2D eigenvalue weighted by atomic mass is 10.1. The minimum absolute atomic E-state index is 0.182. The van der Waals surface area contributed by atoms with Crippen LogP contribution < -0.4 is 4.74 Å². The van der Waals surface area contributed by atoms with Crippen LogP contribution in [0.3, 0.4) is 0 Å². The second-order valence-electron chi connectivity index (χ2n) is 6.02. The number of nitrogens with zero attached hydrogens (tertiary/aromatic N) is 1. The fourth-order valence-corrected chi connectivity index (χ4v) is 2.67. The second-order valence-corrected chi connectivity index (χ2v) is 6.02. The molecule has 1 amide bonds. The van der Waals surface area contributed by atoms with E-state index < -0.39 is 12.0 Å². The number of hydrogen-bond donors (Lipinski definition) is 0. The number of methoxy groups -OCH3 is 1. The molecule has 0 spiro atoms. The summed E-state index contributed by atoms with van der Waals surface area (Å²) in [5.74, 6) is -0.307. The molecule has 5 nitrogen and oxygen atoms in total. The molecule has 26 heavy (non-hydrogen) atoms. The van der Waals surface area contributed by atoms with E-state index in [4.69, 9.17) is 9.47 Å². The van der Waals surface area contributed by atoms with Gasteiger partial charge in [-0.3, -0.25) is 9.59 Å². The summed E-state index contributed by atoms with van der Waals surface area (Å²) in [5, 5.41) is 0. The topological polar surface area (TPSA) is 55.8 Å². The van der Waals surface area contributed by atoms with Gasteiger partial charge in [0.25, 0.3) is 5.91 Å². The van der Waals surface area contributed by atoms with E-state index in [0.29, 0.717) is 12.3 Å². The molecule has 0 aliphatic heterocycles. The Hall–Kier alpha value is -2.82. The van der Waals surface area contributed by atoms with Gasteiger partial charge in [-0.2, -0.15) is 0 Å². The lowest BCUT2D eigenvalue weighted by Gasteiger charge is -2.28. The first-order chi connectivity index (χ1) is 12.6. The zero-order chi connectivity index (χ0) is 18.9. The molecule has 2 aromatic rings. The summed E-state index contributed by atoms with van der Waals surface area (Å²) in [7, 11) is 1.35. The van der Waals surface area contributed by atoms with Crippen molar-refractivity contribution < 1.29 is 19.1 Å². The highest BCUT2D eigenvalue weighted by Crippen LogP contribution is 2.24. The van der Waals surface area contributed by atoms with Gasteiger partial charge in [-0.15, -0.1) is 0 Å². The number of rotatable bonds is 8. The highest BCUT2D eigenvalue weighted by molar-refractivity contribution is 5.83. The van der Waals surface area contributed by atoms with Crippen molar-refractivity contribution in [2.45, 2.75) is 20.0 Å². The van der Waals surface area contributed by atoms with Gasteiger partial charge in [-0.1, -0.05) is 55.5 Å². The first-order valence-corrected chi connectivity index (χ1v) is 8.70. The van der Waals surface area contributed by atoms with Crippen LogP contribution in [0, 0.1) is 5.92 Å². The summed E-state index contributed by atoms with van der Waals surface area (Å²) in [4.78, 5) is 26.5. The van der Waals surface area contributed by atoms with Crippen molar-refractivity contribution in [1.29, 1.82) is 0 Å². The predicted octanol–water partition coefficient (Wildman–Crippen LogP) is 3.46. The number of carbonyl (C=O) groups is 2. The van der Waals surface area contributed by atoms with Gasteiger partial charge < -0.3 is 14.4 Å². The lowest BCUT2D eigenvalue weighted by Crippen LogP contribution is -2.41. The van der Waals surface area contributed by atoms with E-state index in [-0.39, 0.29) is 18.4 Å². The van der Waals surface area contributed by atoms with E-state index in [9.17, 15) is 9.59 Å². The molecule has 5 heteroatoms. The smallest absolute Gasteiger partial charge is 0.310 e. The van der Waals surface area contributed by atoms with Crippen LogP contribution in [0.15, 0.2) is 60.7 Å². The van der Waals surface area contributed by atoms with E-state index >= 15 is 0 Å². The maximum Gasteiger partial charge on any atom is 0.310 e. The average Bonchev–Trinajstić information content (AvgIpc) is 2.70. The maximum absolute atomic E-state index is 13.2. The lowest BCUT2D eigenvalue weighted by molar-refractivity contribution is -0.147. The number of benzene rings is 2. The minimum atomic E-state index is -0.775. The molecular formula is C21H25NO4. The molecule has 2 atom stereocenters. The van der Waals surface area contributed by atoms with Gasteiger partial charge in [0, 0.05) is 18.7 Å². The first-order valence-electron chi connectivity index (χ1n) is 8.70. The van der Waals surface area contributed by atoms with Gasteiger partial charge in [0.15, 0.2) is 0 Å². The quantitative estimate of drug-likeness (QED) is 0.681. The molecule has 0 heterocycles. The zero-order valence-electron chi connectivity index (χ0n) is 15.4. The van der Waals surface area contributed by atoms with Crippen molar-refractivity contribution >= 4 is 11.9 Å². The Labute approximate surface area is 154 Å². The molecule has 138 valence electrons. The van der Waals surface area contributed by atoms with Crippen molar-refractivity contribution in [3.8, 4) is 5.75 Å². The maximum atomic E-state index is 13.2. The van der Waals surface area contributed by atoms with Crippen molar-refractivity contribution in [1.82, 2.24) is 4.90 Å². The number of amides is 1. The highest BCUT2D eigenvalue weighted by atomic mass is 16.5. The monoisotopic (exact) mass is 355 g/mol. The third-order valence-corrected chi connectivity index (χ3v) is 4.11. The van der Waals surface area contributed by atoms with Crippen LogP contribution in [0.5, 0.6) is 5.75 Å². The second kappa shape index (κ2) is 9.61. The summed E-state index contributed by atoms with van der Waals surface area (Å²) in [5.41, 5.74) is 0.769. The van der Waals surface area contributed by atoms with Gasteiger partial charge in [0.05, 0.1) is 13.0 Å². The molecule has 0 radical (unpaired) electrons. The van der Waals surface area contributed by atoms with Crippen LogP contribution >= 0.6 is 0 Å². The van der Waals surface area contributed by atoms with Crippen LogP contribution in [0.1, 0.15) is 25.5 Å². The summed E-state index contributed by atoms with van der Waals surface area (Å²) < 4.78 is 10.8. The molecule has 0 saturated heterocycles. The Kier molecular flexibility index (Phi) is 7.21. The van der Waals surface area contributed by atoms with Gasteiger partial charge in [-0.25, -0.2) is 0 Å². The molecule has 2 rings (SSSR count). The van der Waals surface area contributed by atoms with E-state index in [1.165, 1.54) is 7.11 Å². The molecule has 0 bridgehead atoms. The Morgan fingerprint density at radius 2 is 1.58 bits per heavy atom. The Morgan fingerprint density at radius 1 is 1.00 bits per heavy atom. The summed E-state index contributed by atoms with van der Waals surface area (Å²) in [6, 6.07) is 18.6. The normalized spacial score (nSPS) is 12.7. The van der Waals surface area contributed by atoms with Crippen LogP contribution in [-0.2, 0) is 14.3 Å². The molecule has 2 aromatic carbocycles. The largest absolute Gasteiger partial charge is 0.476 e. The molecular weight excluding hydrogens is 330 g/mol. The van der Waals surface area contributed by atoms with Crippen LogP contribution in [-0.4, -0.2) is 37.0 Å². The SMILES string of the molecule is CCN(CC(C)C(=O)OC)C(=O)C(Oc1ccccc1)c1ccccc1. The molecule has 2 unspecified atom stereocenters. The fraction of sp³-hybridized carbons (Fsp3) is 0.333. The standard InChI is InChI=1S/C21H25NO4/c1-4-22(15-16(2)21(24)25-3)20(23)19(17-11-7-5-8-12-17)26-18-13-9-6-10-14-18/h5-14,16,19H,4,15H2,1-3H3. The Bertz CT molecular complexity index is 702.